The molecule has 1 N–H and O–H groups in total. The summed E-state index contributed by atoms with van der Waals surface area (Å²) in [6.07, 6.45) is 1.19. The number of piperidine rings is 1. The predicted molar refractivity (Wildman–Crippen MR) is 122 cm³/mol. The van der Waals surface area contributed by atoms with Gasteiger partial charge < -0.3 is 4.74 Å². The number of carbonyl (C=O) groups excluding carboxylic acids is 2. The third-order valence-corrected chi connectivity index (χ3v) is 6.66. The van der Waals surface area contributed by atoms with Gasteiger partial charge in [-0.2, -0.15) is 0 Å². The number of benzene rings is 2. The number of halogens is 1. The van der Waals surface area contributed by atoms with Gasteiger partial charge in [0.1, 0.15) is 6.61 Å². The largest absolute Gasteiger partial charge is 0.448 e. The molecule has 3 aromatic rings. The minimum atomic E-state index is -0.441. The van der Waals surface area contributed by atoms with E-state index in [1.165, 1.54) is 0 Å². The van der Waals surface area contributed by atoms with Crippen LogP contribution in [0.4, 0.5) is 10.5 Å². The zero-order chi connectivity index (χ0) is 20.9. The Hall–Kier alpha value is -2.41. The van der Waals surface area contributed by atoms with Crippen LogP contribution >= 0.6 is 22.9 Å². The maximum atomic E-state index is 12.6. The molecule has 0 radical (unpaired) electrons. The predicted octanol–water partition coefficient (Wildman–Crippen LogP) is 5.70. The third-order valence-electron chi connectivity index (χ3n) is 5.44. The average Bonchev–Trinajstić information content (AvgIpc) is 3.24. The molecule has 4 rings (SSSR count). The zero-order valence-electron chi connectivity index (χ0n) is 16.5. The van der Waals surface area contributed by atoms with E-state index in [2.05, 4.69) is 10.2 Å². The van der Waals surface area contributed by atoms with Crippen molar-refractivity contribution in [2.75, 3.05) is 31.6 Å². The number of amides is 1. The second kappa shape index (κ2) is 9.60. The summed E-state index contributed by atoms with van der Waals surface area (Å²) in [6.45, 7) is 2.63. The minimum absolute atomic E-state index is 0.0397. The van der Waals surface area contributed by atoms with Crippen molar-refractivity contribution in [1.82, 2.24) is 4.90 Å². The normalized spacial score (nSPS) is 15.2. The molecule has 1 aromatic heterocycles. The van der Waals surface area contributed by atoms with Gasteiger partial charge in [-0.3, -0.25) is 15.0 Å². The van der Waals surface area contributed by atoms with E-state index < -0.39 is 6.09 Å². The Morgan fingerprint density at radius 3 is 2.63 bits per heavy atom. The first-order valence-corrected chi connectivity index (χ1v) is 11.3. The summed E-state index contributed by atoms with van der Waals surface area (Å²) in [5.41, 5.74) is 1.49. The molecule has 1 amide bonds. The number of Topliss-reactive ketones (excluding diaryl/α,β-unsaturated/α-hetero) is 1. The van der Waals surface area contributed by atoms with Crippen molar-refractivity contribution in [3.8, 4) is 0 Å². The van der Waals surface area contributed by atoms with Crippen molar-refractivity contribution in [1.29, 1.82) is 0 Å². The monoisotopic (exact) mass is 442 g/mol. The molecule has 7 heteroatoms. The molecular weight excluding hydrogens is 420 g/mol. The van der Waals surface area contributed by atoms with Gasteiger partial charge in [-0.05, 0) is 73.1 Å². The maximum Gasteiger partial charge on any atom is 0.411 e. The number of ketones is 1. The van der Waals surface area contributed by atoms with E-state index in [0.29, 0.717) is 18.2 Å². The number of likely N-dealkylation sites (tertiary alicyclic amines) is 1. The van der Waals surface area contributed by atoms with Gasteiger partial charge in [0.2, 0.25) is 0 Å². The van der Waals surface area contributed by atoms with Crippen molar-refractivity contribution in [3.05, 3.63) is 64.5 Å². The molecule has 1 aliphatic heterocycles. The topological polar surface area (TPSA) is 58.6 Å². The Bertz CT molecular complexity index is 1030. The second-order valence-corrected chi connectivity index (χ2v) is 8.75. The summed E-state index contributed by atoms with van der Waals surface area (Å²) < 4.78 is 6.41. The van der Waals surface area contributed by atoms with Gasteiger partial charge >= 0.3 is 6.09 Å². The highest BCUT2D eigenvalue weighted by atomic mass is 35.5. The minimum Gasteiger partial charge on any atom is -0.448 e. The van der Waals surface area contributed by atoms with Gasteiger partial charge in [-0.15, -0.1) is 11.3 Å². The van der Waals surface area contributed by atoms with E-state index in [1.54, 1.807) is 35.6 Å². The van der Waals surface area contributed by atoms with Crippen LogP contribution in [-0.4, -0.2) is 43.0 Å². The third kappa shape index (κ3) is 5.01. The van der Waals surface area contributed by atoms with Crippen LogP contribution < -0.4 is 5.32 Å². The number of rotatable bonds is 6. The molecule has 30 heavy (non-hydrogen) atoms. The van der Waals surface area contributed by atoms with Gasteiger partial charge in [0.25, 0.3) is 0 Å². The number of carbonyl (C=O) groups is 2. The molecule has 0 bridgehead atoms. The lowest BCUT2D eigenvalue weighted by atomic mass is 9.89. The number of nitrogens with one attached hydrogen (secondary N) is 1. The number of ether oxygens (including phenoxy) is 1. The van der Waals surface area contributed by atoms with Gasteiger partial charge in [-0.1, -0.05) is 23.7 Å². The quantitative estimate of drug-likeness (QED) is 0.497. The van der Waals surface area contributed by atoms with Crippen LogP contribution in [0.2, 0.25) is 5.02 Å². The van der Waals surface area contributed by atoms with E-state index >= 15 is 0 Å². The molecule has 2 heterocycles. The lowest BCUT2D eigenvalue weighted by Gasteiger charge is -2.31. The van der Waals surface area contributed by atoms with Crippen molar-refractivity contribution in [2.45, 2.75) is 12.8 Å². The molecule has 1 saturated heterocycles. The summed E-state index contributed by atoms with van der Waals surface area (Å²) in [4.78, 5) is 27.0. The molecule has 0 unspecified atom stereocenters. The van der Waals surface area contributed by atoms with E-state index in [-0.39, 0.29) is 11.7 Å². The summed E-state index contributed by atoms with van der Waals surface area (Å²) in [5, 5.41) is 6.57. The maximum absolute atomic E-state index is 12.6. The molecule has 1 aliphatic rings. The van der Waals surface area contributed by atoms with Crippen LogP contribution in [0.15, 0.2) is 53.9 Å². The second-order valence-electron chi connectivity index (χ2n) is 7.39. The molecule has 5 nitrogen and oxygen atoms in total. The Kier molecular flexibility index (Phi) is 6.67. The van der Waals surface area contributed by atoms with Gasteiger partial charge in [0.15, 0.2) is 5.78 Å². The van der Waals surface area contributed by atoms with Crippen LogP contribution in [0.1, 0.15) is 23.2 Å². The fraction of sp³-hybridized carbons (Fsp3) is 0.304. The number of hydrogen-bond donors (Lipinski definition) is 1. The van der Waals surface area contributed by atoms with Crippen LogP contribution in [0, 0.1) is 5.92 Å². The number of hydrogen-bond acceptors (Lipinski definition) is 5. The van der Waals surface area contributed by atoms with Crippen molar-refractivity contribution in [3.63, 3.8) is 0 Å². The van der Waals surface area contributed by atoms with Crippen molar-refractivity contribution >= 4 is 50.6 Å². The molecule has 0 aliphatic carbocycles. The number of fused-ring (bicyclic) bond motifs is 1. The highest BCUT2D eigenvalue weighted by Crippen LogP contribution is 2.28. The summed E-state index contributed by atoms with van der Waals surface area (Å²) in [6, 6.07) is 14.9. The fourth-order valence-corrected chi connectivity index (χ4v) is 4.77. The van der Waals surface area contributed by atoms with Gasteiger partial charge in [0, 0.05) is 23.0 Å². The van der Waals surface area contributed by atoms with Crippen molar-refractivity contribution < 1.29 is 14.3 Å². The lowest BCUT2D eigenvalue weighted by Crippen LogP contribution is -2.38. The molecule has 1 fully saturated rings. The highest BCUT2D eigenvalue weighted by Gasteiger charge is 2.25. The van der Waals surface area contributed by atoms with Gasteiger partial charge in [-0.25, -0.2) is 4.79 Å². The van der Waals surface area contributed by atoms with Crippen molar-refractivity contribution in [2.24, 2.45) is 5.92 Å². The van der Waals surface area contributed by atoms with E-state index in [4.69, 9.17) is 16.3 Å². The first-order chi connectivity index (χ1) is 14.6. The highest BCUT2D eigenvalue weighted by molar-refractivity contribution is 7.17. The summed E-state index contributed by atoms with van der Waals surface area (Å²) in [5.74, 6) is 0.225. The first kappa shape index (κ1) is 20.8. The Morgan fingerprint density at radius 1 is 1.10 bits per heavy atom. The Balaban J connectivity index is 1.19. The van der Waals surface area contributed by atoms with Gasteiger partial charge in [0.05, 0.1) is 10.4 Å². The van der Waals surface area contributed by atoms with Crippen LogP contribution in [0.5, 0.6) is 0 Å². The number of nitrogens with zero attached hydrogens (tertiary/aromatic N) is 1. The van der Waals surface area contributed by atoms with Crippen LogP contribution in [0.3, 0.4) is 0 Å². The fourth-order valence-electron chi connectivity index (χ4n) is 3.77. The smallest absolute Gasteiger partial charge is 0.411 e. The molecule has 0 atom stereocenters. The standard InChI is InChI=1S/C23H23ClN2O3S/c24-19-6-4-16(5-7-19)21(27)17-8-11-26(12-9-17)13-14-29-23(28)25-20-3-1-2-18-10-15-30-22(18)20/h1-7,10,15,17H,8-9,11-14H2,(H,25,28). The zero-order valence-corrected chi connectivity index (χ0v) is 18.0. The molecular formula is C23H23ClN2O3S. The van der Waals surface area contributed by atoms with E-state index in [9.17, 15) is 9.59 Å². The van der Waals surface area contributed by atoms with Crippen LogP contribution in [0.25, 0.3) is 10.1 Å². The number of anilines is 1. The summed E-state index contributed by atoms with van der Waals surface area (Å²) in [7, 11) is 0. The molecule has 0 saturated carbocycles. The Labute approximate surface area is 184 Å². The Morgan fingerprint density at radius 2 is 1.87 bits per heavy atom. The summed E-state index contributed by atoms with van der Waals surface area (Å²) >= 11 is 7.49. The van der Waals surface area contributed by atoms with Crippen LogP contribution in [-0.2, 0) is 4.74 Å². The average molecular weight is 443 g/mol. The number of thiophene rings is 1. The molecule has 2 aromatic carbocycles. The lowest BCUT2D eigenvalue weighted by molar-refractivity contribution is 0.0813. The molecule has 156 valence electrons. The van der Waals surface area contributed by atoms with E-state index in [0.717, 1.165) is 47.3 Å². The SMILES string of the molecule is O=C(Nc1cccc2ccsc12)OCCN1CCC(C(=O)c2ccc(Cl)cc2)CC1. The van der Waals surface area contributed by atoms with E-state index in [1.807, 2.05) is 29.6 Å². The first-order valence-electron chi connectivity index (χ1n) is 10.0. The molecule has 0 spiro atoms.